The molecule has 0 bridgehead atoms. The van der Waals surface area contributed by atoms with Crippen molar-refractivity contribution in [1.29, 1.82) is 0 Å². The molecule has 0 unspecified atom stereocenters. The third-order valence-electron chi connectivity index (χ3n) is 3.54. The van der Waals surface area contributed by atoms with Crippen LogP contribution in [0.5, 0.6) is 0 Å². The van der Waals surface area contributed by atoms with E-state index in [1.807, 2.05) is 0 Å². The van der Waals surface area contributed by atoms with Gasteiger partial charge in [0.25, 0.3) is 0 Å². The molecule has 2 rings (SSSR count). The van der Waals surface area contributed by atoms with Crippen LogP contribution in [-0.4, -0.2) is 30.9 Å². The van der Waals surface area contributed by atoms with Gasteiger partial charge in [0.15, 0.2) is 0 Å². The fourth-order valence-corrected chi connectivity index (χ4v) is 2.36. The lowest BCUT2D eigenvalue weighted by atomic mass is 10.2. The van der Waals surface area contributed by atoms with E-state index in [4.69, 9.17) is 4.74 Å². The lowest BCUT2D eigenvalue weighted by molar-refractivity contribution is -0.116. The number of esters is 1. The summed E-state index contributed by atoms with van der Waals surface area (Å²) in [6.45, 7) is 3.96. The summed E-state index contributed by atoms with van der Waals surface area (Å²) < 4.78 is 4.93. The fourth-order valence-electron chi connectivity index (χ4n) is 2.36. The van der Waals surface area contributed by atoms with Crippen molar-refractivity contribution in [1.82, 2.24) is 0 Å². The van der Waals surface area contributed by atoms with Crippen molar-refractivity contribution >= 4 is 34.8 Å². The summed E-state index contributed by atoms with van der Waals surface area (Å²) in [6, 6.07) is 13.8. The Balaban J connectivity index is 1.79. The van der Waals surface area contributed by atoms with Crippen molar-refractivity contribution in [3.63, 3.8) is 0 Å². The number of rotatable bonds is 8. The highest BCUT2D eigenvalue weighted by atomic mass is 16.5. The molecule has 0 saturated heterocycles. The SMILES string of the molecule is CCOC(=O)c1ccc(NCCC(=O)Nc2cccc(NC(C)=O)c2)cc1. The Labute approximate surface area is 158 Å². The van der Waals surface area contributed by atoms with Crippen LogP contribution in [0.4, 0.5) is 17.1 Å². The molecule has 27 heavy (non-hydrogen) atoms. The molecule has 2 aromatic rings. The van der Waals surface area contributed by atoms with Gasteiger partial charge in [-0.05, 0) is 49.4 Å². The Morgan fingerprint density at radius 3 is 2.22 bits per heavy atom. The molecule has 2 amide bonds. The second-order valence-corrected chi connectivity index (χ2v) is 5.78. The van der Waals surface area contributed by atoms with Crippen molar-refractivity contribution in [2.24, 2.45) is 0 Å². The van der Waals surface area contributed by atoms with Crippen molar-refractivity contribution in [3.8, 4) is 0 Å². The summed E-state index contributed by atoms with van der Waals surface area (Å²) in [6.07, 6.45) is 0.268. The Kier molecular flexibility index (Phi) is 7.37. The van der Waals surface area contributed by atoms with E-state index in [1.54, 1.807) is 55.5 Å². The summed E-state index contributed by atoms with van der Waals surface area (Å²) in [7, 11) is 0. The normalized spacial score (nSPS) is 10.0. The lowest BCUT2D eigenvalue weighted by Crippen LogP contribution is -2.16. The molecule has 0 saturated carbocycles. The number of hydrogen-bond acceptors (Lipinski definition) is 5. The Hall–Kier alpha value is -3.35. The molecule has 0 radical (unpaired) electrons. The van der Waals surface area contributed by atoms with E-state index in [0.29, 0.717) is 30.1 Å². The predicted molar refractivity (Wildman–Crippen MR) is 105 cm³/mol. The zero-order chi connectivity index (χ0) is 19.6. The van der Waals surface area contributed by atoms with Crippen LogP contribution in [0.25, 0.3) is 0 Å². The van der Waals surface area contributed by atoms with Gasteiger partial charge < -0.3 is 20.7 Å². The molecule has 0 fully saturated rings. The van der Waals surface area contributed by atoms with Gasteiger partial charge in [0, 0.05) is 37.0 Å². The maximum atomic E-state index is 12.1. The van der Waals surface area contributed by atoms with Gasteiger partial charge in [0.2, 0.25) is 11.8 Å². The molecular formula is C20H23N3O4. The number of anilines is 3. The number of carbonyl (C=O) groups excluding carboxylic acids is 3. The number of carbonyl (C=O) groups is 3. The summed E-state index contributed by atoms with van der Waals surface area (Å²) in [5, 5.41) is 8.58. The Morgan fingerprint density at radius 1 is 0.926 bits per heavy atom. The molecule has 3 N–H and O–H groups in total. The van der Waals surface area contributed by atoms with E-state index in [0.717, 1.165) is 5.69 Å². The van der Waals surface area contributed by atoms with Crippen LogP contribution in [0.2, 0.25) is 0 Å². The molecule has 0 aliphatic carbocycles. The van der Waals surface area contributed by atoms with E-state index in [1.165, 1.54) is 6.92 Å². The van der Waals surface area contributed by atoms with E-state index < -0.39 is 0 Å². The van der Waals surface area contributed by atoms with Gasteiger partial charge in [-0.2, -0.15) is 0 Å². The van der Waals surface area contributed by atoms with E-state index in [-0.39, 0.29) is 24.2 Å². The number of benzene rings is 2. The van der Waals surface area contributed by atoms with Gasteiger partial charge >= 0.3 is 5.97 Å². The lowest BCUT2D eigenvalue weighted by Gasteiger charge is -2.09. The third kappa shape index (κ3) is 6.81. The average Bonchev–Trinajstić information content (AvgIpc) is 2.62. The monoisotopic (exact) mass is 369 g/mol. The van der Waals surface area contributed by atoms with Crippen LogP contribution in [0.3, 0.4) is 0 Å². The molecule has 0 aliphatic heterocycles. The quantitative estimate of drug-likeness (QED) is 0.621. The fraction of sp³-hybridized carbons (Fsp3) is 0.250. The third-order valence-corrected chi connectivity index (χ3v) is 3.54. The zero-order valence-electron chi connectivity index (χ0n) is 15.4. The van der Waals surface area contributed by atoms with Crippen molar-refractivity contribution < 1.29 is 19.1 Å². The largest absolute Gasteiger partial charge is 0.462 e. The smallest absolute Gasteiger partial charge is 0.338 e. The van der Waals surface area contributed by atoms with Crippen LogP contribution in [0, 0.1) is 0 Å². The minimum atomic E-state index is -0.357. The van der Waals surface area contributed by atoms with E-state index >= 15 is 0 Å². The number of ether oxygens (including phenoxy) is 1. The first-order valence-electron chi connectivity index (χ1n) is 8.66. The summed E-state index contributed by atoms with van der Waals surface area (Å²) in [5.74, 6) is -0.674. The number of nitrogens with one attached hydrogen (secondary N) is 3. The summed E-state index contributed by atoms with van der Waals surface area (Å²) >= 11 is 0. The Bertz CT molecular complexity index is 803. The topological polar surface area (TPSA) is 96.5 Å². The van der Waals surface area contributed by atoms with Gasteiger partial charge in [-0.25, -0.2) is 4.79 Å². The molecule has 7 heteroatoms. The van der Waals surface area contributed by atoms with Gasteiger partial charge in [-0.15, -0.1) is 0 Å². The van der Waals surface area contributed by atoms with E-state index in [9.17, 15) is 14.4 Å². The van der Waals surface area contributed by atoms with Gasteiger partial charge in [0.1, 0.15) is 0 Å². The van der Waals surface area contributed by atoms with Gasteiger partial charge in [0.05, 0.1) is 12.2 Å². The molecule has 7 nitrogen and oxygen atoms in total. The van der Waals surface area contributed by atoms with Crippen molar-refractivity contribution in [3.05, 3.63) is 54.1 Å². The molecule has 0 heterocycles. The average molecular weight is 369 g/mol. The summed E-state index contributed by atoms with van der Waals surface area (Å²) in [5.41, 5.74) is 2.54. The first kappa shape index (κ1) is 20.0. The zero-order valence-corrected chi connectivity index (χ0v) is 15.4. The predicted octanol–water partition coefficient (Wildman–Crippen LogP) is 3.26. The molecular weight excluding hydrogens is 346 g/mol. The minimum Gasteiger partial charge on any atom is -0.462 e. The van der Waals surface area contributed by atoms with Crippen LogP contribution < -0.4 is 16.0 Å². The van der Waals surface area contributed by atoms with Crippen LogP contribution >= 0.6 is 0 Å². The van der Waals surface area contributed by atoms with Gasteiger partial charge in [-0.1, -0.05) is 6.07 Å². The molecule has 2 aromatic carbocycles. The second-order valence-electron chi connectivity index (χ2n) is 5.78. The molecule has 0 aromatic heterocycles. The van der Waals surface area contributed by atoms with Crippen LogP contribution in [0.15, 0.2) is 48.5 Å². The summed E-state index contributed by atoms with van der Waals surface area (Å²) in [4.78, 5) is 34.7. The Morgan fingerprint density at radius 2 is 1.59 bits per heavy atom. The number of amides is 2. The maximum Gasteiger partial charge on any atom is 0.338 e. The van der Waals surface area contributed by atoms with Crippen LogP contribution in [0.1, 0.15) is 30.6 Å². The van der Waals surface area contributed by atoms with Crippen molar-refractivity contribution in [2.45, 2.75) is 20.3 Å². The molecule has 0 atom stereocenters. The number of hydrogen-bond donors (Lipinski definition) is 3. The van der Waals surface area contributed by atoms with Crippen molar-refractivity contribution in [2.75, 3.05) is 29.1 Å². The standard InChI is InChI=1S/C20H23N3O4/c1-3-27-20(26)15-7-9-16(10-8-15)21-12-11-19(25)23-18-6-4-5-17(13-18)22-14(2)24/h4-10,13,21H,3,11-12H2,1-2H3,(H,22,24)(H,23,25). The molecule has 0 spiro atoms. The van der Waals surface area contributed by atoms with Gasteiger partial charge in [-0.3, -0.25) is 9.59 Å². The highest BCUT2D eigenvalue weighted by Crippen LogP contribution is 2.15. The first-order chi connectivity index (χ1) is 13.0. The van der Waals surface area contributed by atoms with Crippen LogP contribution in [-0.2, 0) is 14.3 Å². The highest BCUT2D eigenvalue weighted by Gasteiger charge is 2.06. The highest BCUT2D eigenvalue weighted by molar-refractivity contribution is 5.93. The molecule has 142 valence electrons. The van der Waals surface area contributed by atoms with E-state index in [2.05, 4.69) is 16.0 Å². The maximum absolute atomic E-state index is 12.1. The second kappa shape index (κ2) is 9.96. The minimum absolute atomic E-state index is 0.148. The molecule has 0 aliphatic rings. The first-order valence-corrected chi connectivity index (χ1v) is 8.66.